The number of anilines is 2. The summed E-state index contributed by atoms with van der Waals surface area (Å²) in [6.07, 6.45) is 1.60. The highest BCUT2D eigenvalue weighted by Crippen LogP contribution is 2.25. The minimum atomic E-state index is -0.0146. The molecular formula is C12H12ClN3O. The predicted octanol–water partition coefficient (Wildman–Crippen LogP) is 2.39. The molecule has 17 heavy (non-hydrogen) atoms. The van der Waals surface area contributed by atoms with E-state index in [0.717, 1.165) is 11.3 Å². The van der Waals surface area contributed by atoms with Crippen LogP contribution in [0.2, 0.25) is 5.28 Å². The maximum Gasteiger partial charge on any atom is 0.224 e. The fourth-order valence-corrected chi connectivity index (χ4v) is 1.75. The first kappa shape index (κ1) is 11.8. The van der Waals surface area contributed by atoms with Gasteiger partial charge in [-0.25, -0.2) is 9.97 Å². The lowest BCUT2D eigenvalue weighted by atomic mass is 10.1. The van der Waals surface area contributed by atoms with Crippen molar-refractivity contribution in [2.45, 2.75) is 6.61 Å². The van der Waals surface area contributed by atoms with Crippen LogP contribution in [0.1, 0.15) is 5.56 Å². The molecule has 0 fully saturated rings. The molecule has 0 unspecified atom stereocenters. The number of aliphatic hydroxyl groups excluding tert-OH is 1. The Morgan fingerprint density at radius 1 is 1.29 bits per heavy atom. The van der Waals surface area contributed by atoms with Gasteiger partial charge in [0.2, 0.25) is 5.28 Å². The van der Waals surface area contributed by atoms with Gasteiger partial charge in [-0.05, 0) is 23.7 Å². The molecule has 1 aromatic heterocycles. The summed E-state index contributed by atoms with van der Waals surface area (Å²) in [6, 6.07) is 9.35. The van der Waals surface area contributed by atoms with Crippen LogP contribution < -0.4 is 4.90 Å². The highest BCUT2D eigenvalue weighted by molar-refractivity contribution is 6.28. The molecule has 0 saturated heterocycles. The lowest BCUT2D eigenvalue weighted by Crippen LogP contribution is -2.13. The summed E-state index contributed by atoms with van der Waals surface area (Å²) in [5.41, 5.74) is 1.73. The number of benzene rings is 1. The average molecular weight is 250 g/mol. The Kier molecular flexibility index (Phi) is 3.56. The van der Waals surface area contributed by atoms with Crippen molar-refractivity contribution in [1.82, 2.24) is 9.97 Å². The highest BCUT2D eigenvalue weighted by Gasteiger charge is 2.09. The van der Waals surface area contributed by atoms with Gasteiger partial charge in [-0.2, -0.15) is 0 Å². The monoisotopic (exact) mass is 249 g/mol. The van der Waals surface area contributed by atoms with E-state index in [2.05, 4.69) is 9.97 Å². The molecule has 1 aromatic carbocycles. The van der Waals surface area contributed by atoms with E-state index in [0.29, 0.717) is 5.82 Å². The highest BCUT2D eigenvalue weighted by atomic mass is 35.5. The van der Waals surface area contributed by atoms with Crippen molar-refractivity contribution in [2.75, 3.05) is 11.9 Å². The summed E-state index contributed by atoms with van der Waals surface area (Å²) in [5, 5.41) is 9.49. The topological polar surface area (TPSA) is 49.2 Å². The summed E-state index contributed by atoms with van der Waals surface area (Å²) in [5.74, 6) is 0.686. The van der Waals surface area contributed by atoms with Gasteiger partial charge < -0.3 is 10.0 Å². The van der Waals surface area contributed by atoms with E-state index in [9.17, 15) is 5.11 Å². The SMILES string of the molecule is CN(c1ccnc(Cl)n1)c1ccccc1CO. The van der Waals surface area contributed by atoms with E-state index < -0.39 is 0 Å². The summed E-state index contributed by atoms with van der Waals surface area (Å²) in [6.45, 7) is -0.0146. The molecule has 0 aliphatic rings. The molecule has 0 radical (unpaired) electrons. The van der Waals surface area contributed by atoms with E-state index in [1.54, 1.807) is 12.3 Å². The molecule has 2 aromatic rings. The third kappa shape index (κ3) is 2.54. The normalized spacial score (nSPS) is 10.3. The predicted molar refractivity (Wildman–Crippen MR) is 67.5 cm³/mol. The minimum Gasteiger partial charge on any atom is -0.392 e. The van der Waals surface area contributed by atoms with Crippen LogP contribution in [0, 0.1) is 0 Å². The zero-order chi connectivity index (χ0) is 12.3. The van der Waals surface area contributed by atoms with Gasteiger partial charge in [0, 0.05) is 24.5 Å². The molecule has 4 nitrogen and oxygen atoms in total. The Morgan fingerprint density at radius 3 is 2.76 bits per heavy atom. The van der Waals surface area contributed by atoms with Gasteiger partial charge in [0.1, 0.15) is 5.82 Å². The zero-order valence-electron chi connectivity index (χ0n) is 9.34. The summed E-state index contributed by atoms with van der Waals surface area (Å²) in [7, 11) is 1.87. The molecule has 1 heterocycles. The first-order valence-electron chi connectivity index (χ1n) is 5.13. The lowest BCUT2D eigenvalue weighted by Gasteiger charge is -2.20. The van der Waals surface area contributed by atoms with Crippen LogP contribution in [-0.4, -0.2) is 22.1 Å². The van der Waals surface area contributed by atoms with Gasteiger partial charge >= 0.3 is 0 Å². The Hall–Kier alpha value is -1.65. The number of para-hydroxylation sites is 1. The quantitative estimate of drug-likeness (QED) is 0.849. The van der Waals surface area contributed by atoms with Crippen LogP contribution in [-0.2, 0) is 6.61 Å². The Labute approximate surface area is 105 Å². The molecule has 0 bridgehead atoms. The number of nitrogens with zero attached hydrogens (tertiary/aromatic N) is 3. The van der Waals surface area contributed by atoms with E-state index in [1.807, 2.05) is 36.2 Å². The number of hydrogen-bond donors (Lipinski definition) is 1. The van der Waals surface area contributed by atoms with Crippen molar-refractivity contribution in [3.63, 3.8) is 0 Å². The van der Waals surface area contributed by atoms with Crippen LogP contribution in [0.15, 0.2) is 36.5 Å². The van der Waals surface area contributed by atoms with Gasteiger partial charge in [-0.15, -0.1) is 0 Å². The standard InChI is InChI=1S/C12H12ClN3O/c1-16(11-6-7-14-12(13)15-11)10-5-3-2-4-9(10)8-17/h2-7,17H,8H2,1H3. The summed E-state index contributed by atoms with van der Waals surface area (Å²) in [4.78, 5) is 9.82. The molecule has 0 spiro atoms. The van der Waals surface area contributed by atoms with Crippen LogP contribution in [0.4, 0.5) is 11.5 Å². The smallest absolute Gasteiger partial charge is 0.224 e. The molecule has 88 valence electrons. The maximum atomic E-state index is 9.28. The van der Waals surface area contributed by atoms with Crippen LogP contribution in [0.25, 0.3) is 0 Å². The minimum absolute atomic E-state index is 0.0146. The zero-order valence-corrected chi connectivity index (χ0v) is 10.1. The summed E-state index contributed by atoms with van der Waals surface area (Å²) >= 11 is 5.75. The summed E-state index contributed by atoms with van der Waals surface area (Å²) < 4.78 is 0. The molecule has 0 aliphatic heterocycles. The Bertz CT molecular complexity index is 519. The number of aliphatic hydroxyl groups is 1. The molecular weight excluding hydrogens is 238 g/mol. The van der Waals surface area contributed by atoms with Gasteiger partial charge in [0.15, 0.2) is 0 Å². The van der Waals surface area contributed by atoms with E-state index in [-0.39, 0.29) is 11.9 Å². The Balaban J connectivity index is 2.40. The fraction of sp³-hybridized carbons (Fsp3) is 0.167. The van der Waals surface area contributed by atoms with Crippen LogP contribution in [0.3, 0.4) is 0 Å². The number of hydrogen-bond acceptors (Lipinski definition) is 4. The van der Waals surface area contributed by atoms with Crippen molar-refractivity contribution in [1.29, 1.82) is 0 Å². The molecule has 1 N–H and O–H groups in total. The van der Waals surface area contributed by atoms with Crippen molar-refractivity contribution in [2.24, 2.45) is 0 Å². The number of halogens is 1. The Morgan fingerprint density at radius 2 is 2.06 bits per heavy atom. The van der Waals surface area contributed by atoms with Crippen molar-refractivity contribution in [3.05, 3.63) is 47.4 Å². The van der Waals surface area contributed by atoms with Crippen molar-refractivity contribution >= 4 is 23.1 Å². The van der Waals surface area contributed by atoms with Gasteiger partial charge in [-0.3, -0.25) is 0 Å². The molecule has 0 aliphatic carbocycles. The number of rotatable bonds is 3. The van der Waals surface area contributed by atoms with E-state index in [4.69, 9.17) is 11.6 Å². The lowest BCUT2D eigenvalue weighted by molar-refractivity contribution is 0.282. The largest absolute Gasteiger partial charge is 0.392 e. The van der Waals surface area contributed by atoms with Crippen LogP contribution >= 0.6 is 11.6 Å². The van der Waals surface area contributed by atoms with Gasteiger partial charge in [0.25, 0.3) is 0 Å². The molecule has 2 rings (SSSR count). The third-order valence-corrected chi connectivity index (χ3v) is 2.66. The van der Waals surface area contributed by atoms with Crippen molar-refractivity contribution in [3.8, 4) is 0 Å². The second-order valence-electron chi connectivity index (χ2n) is 3.53. The van der Waals surface area contributed by atoms with Crippen molar-refractivity contribution < 1.29 is 5.11 Å². The maximum absolute atomic E-state index is 9.28. The second-order valence-corrected chi connectivity index (χ2v) is 3.87. The fourth-order valence-electron chi connectivity index (χ4n) is 1.61. The van der Waals surface area contributed by atoms with E-state index in [1.165, 1.54) is 0 Å². The van der Waals surface area contributed by atoms with E-state index >= 15 is 0 Å². The van der Waals surface area contributed by atoms with Gasteiger partial charge in [-0.1, -0.05) is 18.2 Å². The molecule has 0 atom stereocenters. The second kappa shape index (κ2) is 5.12. The van der Waals surface area contributed by atoms with Gasteiger partial charge in [0.05, 0.1) is 6.61 Å². The first-order valence-corrected chi connectivity index (χ1v) is 5.51. The average Bonchev–Trinajstić information content (AvgIpc) is 2.38. The molecule has 5 heteroatoms. The van der Waals surface area contributed by atoms with Crippen LogP contribution in [0.5, 0.6) is 0 Å². The molecule has 0 saturated carbocycles. The number of aromatic nitrogens is 2. The first-order chi connectivity index (χ1) is 8.22. The molecule has 0 amide bonds. The third-order valence-electron chi connectivity index (χ3n) is 2.48.